The number of hydrogen-bond acceptors (Lipinski definition) is 4. The van der Waals surface area contributed by atoms with Crippen LogP contribution in [0.2, 0.25) is 0 Å². The van der Waals surface area contributed by atoms with Gasteiger partial charge < -0.3 is 9.64 Å². The number of hydrogen-bond donors (Lipinski definition) is 0. The van der Waals surface area contributed by atoms with Gasteiger partial charge in [-0.05, 0) is 47.6 Å². The Labute approximate surface area is 198 Å². The van der Waals surface area contributed by atoms with Crippen molar-refractivity contribution in [2.24, 2.45) is 0 Å². The van der Waals surface area contributed by atoms with Crippen LogP contribution in [-0.4, -0.2) is 50.8 Å². The van der Waals surface area contributed by atoms with Crippen LogP contribution in [-0.2, 0) is 22.0 Å². The first-order valence-corrected chi connectivity index (χ1v) is 13.0. The average Bonchev–Trinajstić information content (AvgIpc) is 3.08. The van der Waals surface area contributed by atoms with Gasteiger partial charge in [0.25, 0.3) is 5.91 Å². The summed E-state index contributed by atoms with van der Waals surface area (Å²) in [5, 5.41) is 0. The third-order valence-electron chi connectivity index (χ3n) is 6.19. The van der Waals surface area contributed by atoms with Gasteiger partial charge in [0.2, 0.25) is 10.0 Å². The zero-order valence-corrected chi connectivity index (χ0v) is 21.2. The Balaban J connectivity index is 1.84. The second-order valence-electron chi connectivity index (χ2n) is 9.79. The smallest absolute Gasteiger partial charge is 0.257 e. The van der Waals surface area contributed by atoms with Gasteiger partial charge in [0.05, 0.1) is 17.6 Å². The van der Waals surface area contributed by atoms with Crippen molar-refractivity contribution >= 4 is 15.9 Å². The monoisotopic (exact) mass is 472 g/mol. The van der Waals surface area contributed by atoms with Gasteiger partial charge in [-0.25, -0.2) is 8.42 Å². The molecule has 2 aromatic rings. The normalized spacial score (nSPS) is 15.7. The Morgan fingerprint density at radius 1 is 1.00 bits per heavy atom. The molecule has 1 aliphatic heterocycles. The molecule has 1 heterocycles. The predicted octanol–water partition coefficient (Wildman–Crippen LogP) is 4.83. The maximum absolute atomic E-state index is 13.3. The van der Waals surface area contributed by atoms with Crippen LogP contribution in [0.15, 0.2) is 47.4 Å². The van der Waals surface area contributed by atoms with Crippen molar-refractivity contribution in [2.45, 2.75) is 63.3 Å². The molecule has 0 radical (unpaired) electrons. The molecule has 1 amide bonds. The molecule has 0 atom stereocenters. The second-order valence-corrected chi connectivity index (χ2v) is 11.7. The van der Waals surface area contributed by atoms with E-state index in [4.69, 9.17) is 4.74 Å². The van der Waals surface area contributed by atoms with E-state index in [1.165, 1.54) is 29.1 Å². The van der Waals surface area contributed by atoms with Crippen LogP contribution in [0.25, 0.3) is 0 Å². The van der Waals surface area contributed by atoms with E-state index in [0.29, 0.717) is 25.4 Å². The summed E-state index contributed by atoms with van der Waals surface area (Å²) in [5.41, 5.74) is 2.55. The van der Waals surface area contributed by atoms with Gasteiger partial charge in [-0.3, -0.25) is 4.79 Å². The van der Waals surface area contributed by atoms with Crippen molar-refractivity contribution in [3.05, 3.63) is 59.2 Å². The molecule has 1 fully saturated rings. The van der Waals surface area contributed by atoms with Crippen molar-refractivity contribution in [1.82, 2.24) is 9.21 Å². The summed E-state index contributed by atoms with van der Waals surface area (Å²) in [6.07, 6.45) is 3.80. The molecule has 1 saturated heterocycles. The van der Waals surface area contributed by atoms with E-state index in [1.54, 1.807) is 18.0 Å². The molecule has 0 aromatic heterocycles. The van der Waals surface area contributed by atoms with Gasteiger partial charge in [0.1, 0.15) is 5.75 Å². The van der Waals surface area contributed by atoms with Gasteiger partial charge in [-0.1, -0.05) is 57.9 Å². The Hall–Kier alpha value is -2.38. The number of sulfonamides is 1. The van der Waals surface area contributed by atoms with Gasteiger partial charge in [-0.15, -0.1) is 0 Å². The number of ether oxygens (including phenoxy) is 1. The Morgan fingerprint density at radius 3 is 2.15 bits per heavy atom. The second kappa shape index (κ2) is 10.3. The van der Waals surface area contributed by atoms with Gasteiger partial charge >= 0.3 is 0 Å². The third kappa shape index (κ3) is 5.95. The molecule has 0 saturated carbocycles. The van der Waals surface area contributed by atoms with E-state index in [-0.39, 0.29) is 21.8 Å². The number of nitrogens with zero attached hydrogens (tertiary/aromatic N) is 2. The van der Waals surface area contributed by atoms with Crippen molar-refractivity contribution < 1.29 is 17.9 Å². The first kappa shape index (κ1) is 25.2. The minimum Gasteiger partial charge on any atom is -0.496 e. The van der Waals surface area contributed by atoms with Crippen molar-refractivity contribution in [2.75, 3.05) is 27.2 Å². The minimum absolute atomic E-state index is 0.0624. The van der Waals surface area contributed by atoms with Gasteiger partial charge in [-0.2, -0.15) is 4.31 Å². The molecule has 6 nitrogen and oxygen atoms in total. The van der Waals surface area contributed by atoms with E-state index in [1.807, 2.05) is 12.1 Å². The highest BCUT2D eigenvalue weighted by molar-refractivity contribution is 7.89. The zero-order valence-electron chi connectivity index (χ0n) is 20.4. The van der Waals surface area contributed by atoms with Crippen LogP contribution >= 0.6 is 0 Å². The summed E-state index contributed by atoms with van der Waals surface area (Å²) >= 11 is 0. The molecule has 1 aliphatic rings. The van der Waals surface area contributed by atoms with E-state index >= 15 is 0 Å². The fourth-order valence-corrected chi connectivity index (χ4v) is 5.65. The molecule has 0 unspecified atom stereocenters. The lowest BCUT2D eigenvalue weighted by atomic mass is 9.87. The molecule has 3 rings (SSSR count). The molecule has 0 N–H and O–H groups in total. The summed E-state index contributed by atoms with van der Waals surface area (Å²) in [4.78, 5) is 15.0. The summed E-state index contributed by atoms with van der Waals surface area (Å²) in [5.74, 6) is 0.0874. The third-order valence-corrected chi connectivity index (χ3v) is 8.09. The lowest BCUT2D eigenvalue weighted by molar-refractivity contribution is 0.0781. The van der Waals surface area contributed by atoms with Gasteiger partial charge in [0.15, 0.2) is 0 Å². The maximum Gasteiger partial charge on any atom is 0.257 e. The van der Waals surface area contributed by atoms with E-state index in [0.717, 1.165) is 31.2 Å². The topological polar surface area (TPSA) is 66.9 Å². The molecule has 33 heavy (non-hydrogen) atoms. The van der Waals surface area contributed by atoms with Crippen LogP contribution in [0.5, 0.6) is 5.75 Å². The lowest BCUT2D eigenvalue weighted by Gasteiger charge is -2.23. The largest absolute Gasteiger partial charge is 0.496 e. The quantitative estimate of drug-likeness (QED) is 0.604. The molecular formula is C26H36N2O4S. The van der Waals surface area contributed by atoms with Crippen LogP contribution in [0, 0.1) is 0 Å². The number of carbonyl (C=O) groups is 1. The summed E-state index contributed by atoms with van der Waals surface area (Å²) in [6.45, 7) is 7.93. The summed E-state index contributed by atoms with van der Waals surface area (Å²) in [7, 11) is -0.459. The first-order valence-electron chi connectivity index (χ1n) is 11.6. The average molecular weight is 473 g/mol. The fourth-order valence-electron chi connectivity index (χ4n) is 4.11. The molecule has 0 bridgehead atoms. The van der Waals surface area contributed by atoms with Crippen molar-refractivity contribution in [3.63, 3.8) is 0 Å². The van der Waals surface area contributed by atoms with E-state index in [2.05, 4.69) is 32.9 Å². The number of methoxy groups -OCH3 is 1. The van der Waals surface area contributed by atoms with E-state index in [9.17, 15) is 13.2 Å². The highest BCUT2D eigenvalue weighted by Gasteiger charge is 2.28. The first-order chi connectivity index (χ1) is 15.5. The highest BCUT2D eigenvalue weighted by Crippen LogP contribution is 2.28. The van der Waals surface area contributed by atoms with E-state index < -0.39 is 10.0 Å². The molecule has 180 valence electrons. The molecule has 0 aliphatic carbocycles. The standard InChI is InChI=1S/C26H36N2O4S/c1-26(2,3)21-12-10-20(11-13-21)19-27(4)25(29)23-18-22(14-15-24(23)32-5)33(30,31)28-16-8-6-7-9-17-28/h10-15,18H,6-9,16-17,19H2,1-5H3. The van der Waals surface area contributed by atoms with Crippen LogP contribution < -0.4 is 4.74 Å². The van der Waals surface area contributed by atoms with Crippen LogP contribution in [0.4, 0.5) is 0 Å². The SMILES string of the molecule is COc1ccc(S(=O)(=O)N2CCCCCC2)cc1C(=O)N(C)Cc1ccc(C(C)(C)C)cc1. The van der Waals surface area contributed by atoms with Crippen LogP contribution in [0.1, 0.15) is 67.9 Å². The molecule has 7 heteroatoms. The zero-order chi connectivity index (χ0) is 24.2. The number of carbonyl (C=O) groups excluding carboxylic acids is 1. The number of amides is 1. The minimum atomic E-state index is -3.66. The Morgan fingerprint density at radius 2 is 1.61 bits per heavy atom. The number of benzene rings is 2. The van der Waals surface area contributed by atoms with Crippen molar-refractivity contribution in [3.8, 4) is 5.75 Å². The molecule has 0 spiro atoms. The van der Waals surface area contributed by atoms with Crippen molar-refractivity contribution in [1.29, 1.82) is 0 Å². The Bertz CT molecular complexity index is 1060. The molecule has 2 aromatic carbocycles. The maximum atomic E-state index is 13.3. The van der Waals surface area contributed by atoms with Crippen LogP contribution in [0.3, 0.4) is 0 Å². The summed E-state index contributed by atoms with van der Waals surface area (Å²) in [6, 6.07) is 12.8. The van der Waals surface area contributed by atoms with Gasteiger partial charge in [0, 0.05) is 26.7 Å². The number of rotatable bonds is 6. The lowest BCUT2D eigenvalue weighted by Crippen LogP contribution is -2.32. The Kier molecular flexibility index (Phi) is 7.85. The fraction of sp³-hybridized carbons (Fsp3) is 0.500. The summed E-state index contributed by atoms with van der Waals surface area (Å²) < 4.78 is 33.4. The predicted molar refractivity (Wildman–Crippen MR) is 131 cm³/mol. The molecular weight excluding hydrogens is 436 g/mol. The highest BCUT2D eigenvalue weighted by atomic mass is 32.2.